The maximum Gasteiger partial charge on any atom is 0.0810 e. The van der Waals surface area contributed by atoms with Gasteiger partial charge in [0.1, 0.15) is 0 Å². The van der Waals surface area contributed by atoms with Gasteiger partial charge in [-0.15, -0.1) is 11.3 Å². The summed E-state index contributed by atoms with van der Waals surface area (Å²) in [5.74, 6) is 0. The first-order chi connectivity index (χ1) is 15.7. The zero-order valence-electron chi connectivity index (χ0n) is 18.6. The topological polar surface area (TPSA) is 15.7 Å². The van der Waals surface area contributed by atoms with Gasteiger partial charge in [-0.25, -0.2) is 0 Å². The molecule has 1 aliphatic heterocycles. The molecule has 0 bridgehead atoms. The molecule has 4 aromatic rings. The predicted molar refractivity (Wildman–Crippen MR) is 136 cm³/mol. The number of hydrogen-bond donors (Lipinski definition) is 0. The fourth-order valence-electron chi connectivity index (χ4n) is 4.24. The summed E-state index contributed by atoms with van der Waals surface area (Å²) in [6, 6.07) is 30.6. The molecule has 3 nitrogen and oxygen atoms in total. The van der Waals surface area contributed by atoms with Gasteiger partial charge < -0.3 is 14.5 Å². The molecule has 5 rings (SSSR count). The minimum Gasteiger partial charge on any atom is -0.375 e. The molecule has 0 saturated carbocycles. The molecule has 4 heteroatoms. The van der Waals surface area contributed by atoms with Crippen LogP contribution >= 0.6 is 11.3 Å². The number of hydrogen-bond acceptors (Lipinski definition) is 4. The van der Waals surface area contributed by atoms with Crippen LogP contribution in [0.15, 0.2) is 84.9 Å². The fraction of sp³-hybridized carbons (Fsp3) is 0.214. The Hall–Kier alpha value is -2.92. The van der Waals surface area contributed by atoms with Crippen LogP contribution in [0, 0.1) is 0 Å². The third-order valence-electron chi connectivity index (χ3n) is 5.82. The highest BCUT2D eigenvalue weighted by molar-refractivity contribution is 7.16. The molecule has 0 saturated heterocycles. The fourth-order valence-corrected chi connectivity index (χ4v) is 5.38. The van der Waals surface area contributed by atoms with Crippen LogP contribution in [0.2, 0.25) is 0 Å². The van der Waals surface area contributed by atoms with Gasteiger partial charge >= 0.3 is 0 Å². The average Bonchev–Trinajstić information content (AvgIpc) is 3.21. The van der Waals surface area contributed by atoms with Gasteiger partial charge in [-0.05, 0) is 37.9 Å². The molecule has 1 aliphatic rings. The van der Waals surface area contributed by atoms with Crippen molar-refractivity contribution < 1.29 is 4.74 Å². The van der Waals surface area contributed by atoms with E-state index in [9.17, 15) is 0 Å². The summed E-state index contributed by atoms with van der Waals surface area (Å²) in [6.07, 6.45) is 0. The van der Waals surface area contributed by atoms with Crippen molar-refractivity contribution in [2.24, 2.45) is 0 Å². The Morgan fingerprint density at radius 3 is 2.19 bits per heavy atom. The van der Waals surface area contributed by atoms with E-state index < -0.39 is 0 Å². The number of nitrogens with zero attached hydrogens (tertiary/aromatic N) is 2. The molecule has 32 heavy (non-hydrogen) atoms. The minimum absolute atomic E-state index is 0.656. The highest BCUT2D eigenvalue weighted by atomic mass is 32.1. The molecule has 0 spiro atoms. The molecule has 0 aliphatic carbocycles. The summed E-state index contributed by atoms with van der Waals surface area (Å²) in [4.78, 5) is 7.21. The Bertz CT molecular complexity index is 1130. The molecule has 0 unspecified atom stereocenters. The molecular formula is C28H28N2OS. The summed E-state index contributed by atoms with van der Waals surface area (Å²) in [5, 5.41) is 0. The third-order valence-corrected chi connectivity index (χ3v) is 6.96. The number of rotatable bonds is 7. The van der Waals surface area contributed by atoms with Crippen molar-refractivity contribution in [1.82, 2.24) is 4.90 Å². The first kappa shape index (κ1) is 21.0. The van der Waals surface area contributed by atoms with Crippen molar-refractivity contribution in [3.05, 3.63) is 95.4 Å². The van der Waals surface area contributed by atoms with Gasteiger partial charge in [-0.3, -0.25) is 0 Å². The lowest BCUT2D eigenvalue weighted by atomic mass is 10.0. The largest absolute Gasteiger partial charge is 0.375 e. The minimum atomic E-state index is 0.656. The average molecular weight is 441 g/mol. The van der Waals surface area contributed by atoms with Gasteiger partial charge in [0.15, 0.2) is 0 Å². The highest BCUT2D eigenvalue weighted by Crippen LogP contribution is 2.51. The molecule has 0 radical (unpaired) electrons. The Morgan fingerprint density at radius 2 is 1.44 bits per heavy atom. The van der Waals surface area contributed by atoms with Gasteiger partial charge in [0.25, 0.3) is 0 Å². The van der Waals surface area contributed by atoms with Crippen LogP contribution < -0.4 is 4.90 Å². The predicted octanol–water partition coefficient (Wildman–Crippen LogP) is 6.81. The van der Waals surface area contributed by atoms with Crippen LogP contribution in [-0.2, 0) is 17.9 Å². The lowest BCUT2D eigenvalue weighted by molar-refractivity contribution is 0.107. The van der Waals surface area contributed by atoms with Gasteiger partial charge in [0, 0.05) is 45.2 Å². The van der Waals surface area contributed by atoms with E-state index in [1.54, 1.807) is 0 Å². The van der Waals surface area contributed by atoms with E-state index in [-0.39, 0.29) is 0 Å². The number of fused-ring (bicyclic) bond motifs is 5. The maximum atomic E-state index is 5.97. The van der Waals surface area contributed by atoms with Crippen molar-refractivity contribution in [3.8, 4) is 21.6 Å². The van der Waals surface area contributed by atoms with Crippen LogP contribution in [0.4, 0.5) is 11.4 Å². The second kappa shape index (κ2) is 9.29. The van der Waals surface area contributed by atoms with E-state index in [0.717, 1.165) is 19.7 Å². The number of benzene rings is 3. The number of likely N-dealkylation sites (N-methyl/N-ethyl adjacent to an activating group) is 1. The van der Waals surface area contributed by atoms with Crippen molar-refractivity contribution in [1.29, 1.82) is 0 Å². The van der Waals surface area contributed by atoms with Crippen LogP contribution in [-0.4, -0.2) is 32.1 Å². The molecule has 2 heterocycles. The Labute approximate surface area is 194 Å². The SMILES string of the molecule is CN(C)CCOCc1cc2c(s1)-c1ccccc1N(Cc1ccccc1)c1ccccc1-2. The van der Waals surface area contributed by atoms with E-state index in [4.69, 9.17) is 4.74 Å². The zero-order chi connectivity index (χ0) is 21.9. The first-order valence-electron chi connectivity index (χ1n) is 11.1. The number of anilines is 2. The van der Waals surface area contributed by atoms with Crippen molar-refractivity contribution in [2.75, 3.05) is 32.1 Å². The van der Waals surface area contributed by atoms with Crippen molar-refractivity contribution in [3.63, 3.8) is 0 Å². The first-order valence-corrected chi connectivity index (χ1v) is 11.9. The Kier molecular flexibility index (Phi) is 6.08. The third kappa shape index (κ3) is 4.22. The normalized spacial score (nSPS) is 12.3. The molecular weight excluding hydrogens is 412 g/mol. The lowest BCUT2D eigenvalue weighted by Gasteiger charge is -2.27. The molecule has 0 amide bonds. The van der Waals surface area contributed by atoms with Crippen molar-refractivity contribution in [2.45, 2.75) is 13.2 Å². The van der Waals surface area contributed by atoms with E-state index >= 15 is 0 Å². The van der Waals surface area contributed by atoms with E-state index in [2.05, 4.69) is 109 Å². The summed E-state index contributed by atoms with van der Waals surface area (Å²) < 4.78 is 5.97. The molecule has 162 valence electrons. The molecule has 3 aromatic carbocycles. The molecule has 0 N–H and O–H groups in total. The van der Waals surface area contributed by atoms with Crippen LogP contribution in [0.5, 0.6) is 0 Å². The summed E-state index contributed by atoms with van der Waals surface area (Å²) in [6.45, 7) is 3.17. The number of para-hydroxylation sites is 2. The Balaban J connectivity index is 1.57. The van der Waals surface area contributed by atoms with E-state index in [1.165, 1.54) is 43.4 Å². The van der Waals surface area contributed by atoms with Crippen molar-refractivity contribution >= 4 is 22.7 Å². The van der Waals surface area contributed by atoms with Gasteiger partial charge in [0.2, 0.25) is 0 Å². The van der Waals surface area contributed by atoms with Crippen LogP contribution in [0.1, 0.15) is 10.4 Å². The second-order valence-corrected chi connectivity index (χ2v) is 9.55. The molecule has 1 aromatic heterocycles. The number of ether oxygens (including phenoxy) is 1. The van der Waals surface area contributed by atoms with Gasteiger partial charge in [-0.1, -0.05) is 66.7 Å². The molecule has 0 atom stereocenters. The highest BCUT2D eigenvalue weighted by Gasteiger charge is 2.26. The summed E-state index contributed by atoms with van der Waals surface area (Å²) in [7, 11) is 4.15. The van der Waals surface area contributed by atoms with Crippen LogP contribution in [0.25, 0.3) is 21.6 Å². The summed E-state index contributed by atoms with van der Waals surface area (Å²) >= 11 is 1.86. The lowest BCUT2D eigenvalue weighted by Crippen LogP contribution is -2.17. The second-order valence-electron chi connectivity index (χ2n) is 8.42. The van der Waals surface area contributed by atoms with E-state index in [0.29, 0.717) is 6.61 Å². The molecule has 0 fully saturated rings. The monoisotopic (exact) mass is 440 g/mol. The van der Waals surface area contributed by atoms with E-state index in [1.807, 2.05) is 11.3 Å². The quantitative estimate of drug-likeness (QED) is 0.294. The summed E-state index contributed by atoms with van der Waals surface area (Å²) in [5.41, 5.74) is 7.69. The Morgan fingerprint density at radius 1 is 0.781 bits per heavy atom. The number of thiophene rings is 1. The van der Waals surface area contributed by atoms with Gasteiger partial charge in [0.05, 0.1) is 18.9 Å². The zero-order valence-corrected chi connectivity index (χ0v) is 19.4. The maximum absolute atomic E-state index is 5.97. The van der Waals surface area contributed by atoms with Crippen LogP contribution in [0.3, 0.4) is 0 Å². The van der Waals surface area contributed by atoms with Gasteiger partial charge in [-0.2, -0.15) is 0 Å². The smallest absolute Gasteiger partial charge is 0.0810 e. The standard InChI is InChI=1S/C28H28N2OS/c1-29(2)16-17-31-20-22-18-25-23-12-6-8-14-26(23)30(19-21-10-4-3-5-11-21)27-15-9-7-13-24(27)28(25)32-22/h3-15,18H,16-17,19-20H2,1-2H3.